The summed E-state index contributed by atoms with van der Waals surface area (Å²) in [5.74, 6) is 0. The van der Waals surface area contributed by atoms with Gasteiger partial charge in [-0.05, 0) is 100 Å². The molecule has 10 aromatic rings. The quantitative estimate of drug-likeness (QED) is 0.178. The molecule has 0 aliphatic heterocycles. The van der Waals surface area contributed by atoms with E-state index in [-0.39, 0.29) is 0 Å². The summed E-state index contributed by atoms with van der Waals surface area (Å²) in [6.45, 7) is 0. The van der Waals surface area contributed by atoms with Crippen LogP contribution in [0.1, 0.15) is 0 Å². The maximum absolute atomic E-state index is 2.40. The fourth-order valence-corrected chi connectivity index (χ4v) is 7.73. The monoisotopic (exact) mass is 636 g/mol. The lowest BCUT2D eigenvalue weighted by molar-refractivity contribution is 1.18. The van der Waals surface area contributed by atoms with Crippen LogP contribution in [-0.4, -0.2) is 9.13 Å². The van der Waals surface area contributed by atoms with E-state index in [1.165, 1.54) is 82.7 Å². The molecule has 0 spiro atoms. The average molecular weight is 637 g/mol. The van der Waals surface area contributed by atoms with E-state index in [0.29, 0.717) is 0 Å². The lowest BCUT2D eigenvalue weighted by Crippen LogP contribution is -1.93. The van der Waals surface area contributed by atoms with Crippen LogP contribution < -0.4 is 0 Å². The molecule has 0 fully saturated rings. The first kappa shape index (κ1) is 28.4. The van der Waals surface area contributed by atoms with Gasteiger partial charge in [-0.2, -0.15) is 0 Å². The van der Waals surface area contributed by atoms with Gasteiger partial charge in [0.05, 0.1) is 22.1 Å². The first-order valence-corrected chi connectivity index (χ1v) is 17.2. The summed E-state index contributed by atoms with van der Waals surface area (Å²) in [6, 6.07) is 70.4. The SMILES string of the molecule is c1ccc(-c2ccc(-c3ccc4c(c3)c3cc(-c5ccc6c(c5)c5ccccc5n6-c5ccccc5)ccc3n4-c3ccccc3)cc2)cc1. The van der Waals surface area contributed by atoms with Crippen molar-refractivity contribution < 1.29 is 0 Å². The van der Waals surface area contributed by atoms with E-state index in [1.807, 2.05) is 0 Å². The molecular formula is C48H32N2. The van der Waals surface area contributed by atoms with Gasteiger partial charge in [0.2, 0.25) is 0 Å². The van der Waals surface area contributed by atoms with E-state index >= 15 is 0 Å². The third-order valence-corrected chi connectivity index (χ3v) is 10.1. The topological polar surface area (TPSA) is 9.86 Å². The maximum atomic E-state index is 2.40. The zero-order chi connectivity index (χ0) is 33.0. The van der Waals surface area contributed by atoms with Crippen LogP contribution in [0.25, 0.3) is 88.4 Å². The van der Waals surface area contributed by atoms with Crippen molar-refractivity contribution >= 4 is 43.6 Å². The van der Waals surface area contributed by atoms with E-state index < -0.39 is 0 Å². The Kier molecular flexibility index (Phi) is 6.53. The van der Waals surface area contributed by atoms with E-state index in [2.05, 4.69) is 203 Å². The number of rotatable bonds is 5. The molecule has 0 aliphatic rings. The molecule has 234 valence electrons. The smallest absolute Gasteiger partial charge is 0.0541 e. The van der Waals surface area contributed by atoms with Crippen LogP contribution in [0.15, 0.2) is 194 Å². The molecule has 8 aromatic carbocycles. The number of nitrogens with zero attached hydrogens (tertiary/aromatic N) is 2. The highest BCUT2D eigenvalue weighted by molar-refractivity contribution is 6.13. The molecule has 0 amide bonds. The average Bonchev–Trinajstić information content (AvgIpc) is 3.71. The highest BCUT2D eigenvalue weighted by Gasteiger charge is 2.17. The van der Waals surface area contributed by atoms with Crippen LogP contribution in [0.5, 0.6) is 0 Å². The molecule has 0 N–H and O–H groups in total. The molecule has 10 rings (SSSR count). The van der Waals surface area contributed by atoms with Crippen LogP contribution in [0.4, 0.5) is 0 Å². The van der Waals surface area contributed by atoms with Crippen LogP contribution in [0, 0.1) is 0 Å². The molecule has 50 heavy (non-hydrogen) atoms. The van der Waals surface area contributed by atoms with E-state index in [0.717, 1.165) is 5.69 Å². The normalized spacial score (nSPS) is 11.6. The summed E-state index contributed by atoms with van der Waals surface area (Å²) < 4.78 is 4.77. The second-order valence-electron chi connectivity index (χ2n) is 13.0. The Morgan fingerprint density at radius 1 is 0.220 bits per heavy atom. The van der Waals surface area contributed by atoms with Gasteiger partial charge in [-0.15, -0.1) is 0 Å². The minimum atomic E-state index is 1.16. The Morgan fingerprint density at radius 2 is 0.540 bits per heavy atom. The number of benzene rings is 8. The Bertz CT molecular complexity index is 2820. The Hall–Kier alpha value is -6.64. The van der Waals surface area contributed by atoms with Crippen LogP contribution in [0.2, 0.25) is 0 Å². The van der Waals surface area contributed by atoms with Crippen molar-refractivity contribution in [1.82, 2.24) is 9.13 Å². The van der Waals surface area contributed by atoms with Gasteiger partial charge in [0.1, 0.15) is 0 Å². The Morgan fingerprint density at radius 3 is 1.04 bits per heavy atom. The highest BCUT2D eigenvalue weighted by Crippen LogP contribution is 2.39. The lowest BCUT2D eigenvalue weighted by Gasteiger charge is -2.09. The summed E-state index contributed by atoms with van der Waals surface area (Å²) in [5, 5.41) is 5.01. The Labute approximate surface area is 290 Å². The number of fused-ring (bicyclic) bond motifs is 6. The first-order valence-electron chi connectivity index (χ1n) is 17.2. The summed E-state index contributed by atoms with van der Waals surface area (Å²) in [4.78, 5) is 0. The highest BCUT2D eigenvalue weighted by atomic mass is 15.0. The number of aromatic nitrogens is 2. The number of para-hydroxylation sites is 3. The Balaban J connectivity index is 1.15. The number of hydrogen-bond acceptors (Lipinski definition) is 0. The van der Waals surface area contributed by atoms with Crippen molar-refractivity contribution in [3.63, 3.8) is 0 Å². The van der Waals surface area contributed by atoms with Crippen LogP contribution in [0.3, 0.4) is 0 Å². The van der Waals surface area contributed by atoms with Gasteiger partial charge in [0.15, 0.2) is 0 Å². The second kappa shape index (κ2) is 11.5. The minimum Gasteiger partial charge on any atom is -0.309 e. The van der Waals surface area contributed by atoms with Crippen molar-refractivity contribution in [3.05, 3.63) is 194 Å². The zero-order valence-corrected chi connectivity index (χ0v) is 27.4. The van der Waals surface area contributed by atoms with Crippen LogP contribution >= 0.6 is 0 Å². The van der Waals surface area contributed by atoms with Crippen molar-refractivity contribution in [2.24, 2.45) is 0 Å². The molecular weight excluding hydrogens is 605 g/mol. The molecule has 2 heteroatoms. The molecule has 0 saturated carbocycles. The first-order chi connectivity index (χ1) is 24.8. The molecule has 2 nitrogen and oxygen atoms in total. The standard InChI is InChI=1S/C48H32N2/c1-4-12-33(13-5-1)34-20-22-35(23-21-34)36-24-27-47-43(30-36)44-32-38(26-29-48(44)50(47)40-16-8-3-9-17-40)37-25-28-46-42(31-37)41-18-10-11-19-45(41)49(46)39-14-6-2-7-15-39/h1-32H. The predicted molar refractivity (Wildman–Crippen MR) is 211 cm³/mol. The third-order valence-electron chi connectivity index (χ3n) is 10.1. The molecule has 0 aliphatic carbocycles. The summed E-state index contributed by atoms with van der Waals surface area (Å²) in [7, 11) is 0. The van der Waals surface area contributed by atoms with Crippen molar-refractivity contribution in [2.75, 3.05) is 0 Å². The van der Waals surface area contributed by atoms with E-state index in [9.17, 15) is 0 Å². The van der Waals surface area contributed by atoms with Crippen molar-refractivity contribution in [1.29, 1.82) is 0 Å². The van der Waals surface area contributed by atoms with Gasteiger partial charge in [-0.1, -0.05) is 127 Å². The van der Waals surface area contributed by atoms with Gasteiger partial charge in [-0.25, -0.2) is 0 Å². The molecule has 0 bridgehead atoms. The molecule has 0 radical (unpaired) electrons. The van der Waals surface area contributed by atoms with Gasteiger partial charge < -0.3 is 9.13 Å². The van der Waals surface area contributed by atoms with Gasteiger partial charge in [-0.3, -0.25) is 0 Å². The fraction of sp³-hybridized carbons (Fsp3) is 0. The predicted octanol–water partition coefficient (Wildman–Crippen LogP) is 12.9. The lowest BCUT2D eigenvalue weighted by atomic mass is 9.98. The largest absolute Gasteiger partial charge is 0.309 e. The third kappa shape index (κ3) is 4.57. The minimum absolute atomic E-state index is 1.16. The molecule has 0 saturated heterocycles. The van der Waals surface area contributed by atoms with E-state index in [4.69, 9.17) is 0 Å². The summed E-state index contributed by atoms with van der Waals surface area (Å²) in [6.07, 6.45) is 0. The maximum Gasteiger partial charge on any atom is 0.0541 e. The number of hydrogen-bond donors (Lipinski definition) is 0. The van der Waals surface area contributed by atoms with Crippen molar-refractivity contribution in [3.8, 4) is 44.8 Å². The van der Waals surface area contributed by atoms with Crippen LogP contribution in [-0.2, 0) is 0 Å². The molecule has 2 heterocycles. The zero-order valence-electron chi connectivity index (χ0n) is 27.4. The van der Waals surface area contributed by atoms with Gasteiger partial charge in [0.25, 0.3) is 0 Å². The summed E-state index contributed by atoms with van der Waals surface area (Å²) in [5.41, 5.74) is 14.5. The van der Waals surface area contributed by atoms with Gasteiger partial charge >= 0.3 is 0 Å². The van der Waals surface area contributed by atoms with Gasteiger partial charge in [0, 0.05) is 32.9 Å². The second-order valence-corrected chi connectivity index (χ2v) is 13.0. The molecule has 0 atom stereocenters. The van der Waals surface area contributed by atoms with Crippen molar-refractivity contribution in [2.45, 2.75) is 0 Å². The fourth-order valence-electron chi connectivity index (χ4n) is 7.73. The molecule has 0 unspecified atom stereocenters. The molecule has 2 aromatic heterocycles. The van der Waals surface area contributed by atoms with E-state index in [1.54, 1.807) is 0 Å². The summed E-state index contributed by atoms with van der Waals surface area (Å²) >= 11 is 0.